The van der Waals surface area contributed by atoms with E-state index in [0.717, 1.165) is 70.6 Å². The van der Waals surface area contributed by atoms with Gasteiger partial charge in [0.15, 0.2) is 6.10 Å². The highest BCUT2D eigenvalue weighted by Gasteiger charge is 2.27. The molecule has 0 spiro atoms. The highest BCUT2D eigenvalue weighted by atomic mass is 31.2. The maximum atomic E-state index is 12.7. The SMILES string of the molecule is CC/C=C\C/C=C\C/C=C\CCCCCCCC(=O)OC(COC(=O)CCCCCCCCCCCCCCCCCCCCCCCCCCC)COP(=O)(O)OCC[N+](C)(C)C. The Hall–Kier alpha value is -1.77. The lowest BCUT2D eigenvalue weighted by Gasteiger charge is -2.24. The van der Waals surface area contributed by atoms with E-state index >= 15 is 0 Å². The van der Waals surface area contributed by atoms with Crippen LogP contribution in [0.3, 0.4) is 0 Å². The molecule has 2 atom stereocenters. The third-order valence-electron chi connectivity index (χ3n) is 11.7. The minimum atomic E-state index is -4.38. The van der Waals surface area contributed by atoms with Crippen LogP contribution >= 0.6 is 7.82 Å². The van der Waals surface area contributed by atoms with Gasteiger partial charge in [0.2, 0.25) is 0 Å². The van der Waals surface area contributed by atoms with Crippen molar-refractivity contribution in [2.24, 2.45) is 0 Å². The zero-order valence-corrected chi connectivity index (χ0v) is 43.4. The molecule has 0 fully saturated rings. The van der Waals surface area contributed by atoms with Gasteiger partial charge in [-0.25, -0.2) is 4.57 Å². The molecular weight excluding hydrogens is 822 g/mol. The summed E-state index contributed by atoms with van der Waals surface area (Å²) in [5, 5.41) is 0. The second-order valence-electron chi connectivity index (χ2n) is 19.2. The molecule has 9 nitrogen and oxygen atoms in total. The first-order valence-corrected chi connectivity index (χ1v) is 28.2. The summed E-state index contributed by atoms with van der Waals surface area (Å²) in [6, 6.07) is 0. The van der Waals surface area contributed by atoms with E-state index in [1.54, 1.807) is 0 Å². The van der Waals surface area contributed by atoms with Gasteiger partial charge < -0.3 is 18.9 Å². The fourth-order valence-corrected chi connectivity index (χ4v) is 8.30. The van der Waals surface area contributed by atoms with Crippen molar-refractivity contribution in [3.05, 3.63) is 36.5 Å². The van der Waals surface area contributed by atoms with E-state index in [1.165, 1.54) is 141 Å². The van der Waals surface area contributed by atoms with Crippen LogP contribution in [-0.4, -0.2) is 74.9 Å². The molecule has 0 aromatic carbocycles. The number of unbranched alkanes of at least 4 members (excludes halogenated alkanes) is 29. The third kappa shape index (κ3) is 49.7. The molecule has 0 aromatic rings. The summed E-state index contributed by atoms with van der Waals surface area (Å²) in [6.07, 6.45) is 55.0. The van der Waals surface area contributed by atoms with E-state index in [4.69, 9.17) is 18.5 Å². The molecular formula is C54H103NO8P+. The minimum absolute atomic E-state index is 0.0289. The van der Waals surface area contributed by atoms with E-state index in [0.29, 0.717) is 17.4 Å². The van der Waals surface area contributed by atoms with Crippen LogP contribution in [0.1, 0.15) is 245 Å². The quantitative estimate of drug-likeness (QED) is 0.0211. The largest absolute Gasteiger partial charge is 0.472 e. The van der Waals surface area contributed by atoms with Crippen LogP contribution in [0.4, 0.5) is 0 Å². The summed E-state index contributed by atoms with van der Waals surface area (Å²) in [5.41, 5.74) is 0. The van der Waals surface area contributed by atoms with Crippen LogP contribution in [0.25, 0.3) is 0 Å². The molecule has 376 valence electrons. The number of likely N-dealkylation sites (N-methyl/N-ethyl adjacent to an activating group) is 1. The summed E-state index contributed by atoms with van der Waals surface area (Å²) in [5.74, 6) is -0.808. The molecule has 0 aliphatic carbocycles. The van der Waals surface area contributed by atoms with Crippen molar-refractivity contribution in [2.75, 3.05) is 47.5 Å². The Labute approximate surface area is 395 Å². The van der Waals surface area contributed by atoms with Gasteiger partial charge in [-0.3, -0.25) is 18.6 Å². The van der Waals surface area contributed by atoms with Gasteiger partial charge in [-0.1, -0.05) is 224 Å². The molecule has 1 N–H and O–H groups in total. The standard InChI is InChI=1S/C54H102NO8P/c1-6-8-10-12-14-16-18-20-22-23-24-25-26-27-28-29-30-31-33-34-36-38-40-42-44-46-53(56)60-50-52(51-62-64(58,59)61-49-48-55(3,4)5)63-54(57)47-45-43-41-39-37-35-32-21-19-17-15-13-11-9-7-2/h9,11,15,17,21,32,52H,6-8,10,12-14,16,18-20,22-31,33-51H2,1-5H3/p+1/b11-9-,17-15-,32-21-. The fourth-order valence-electron chi connectivity index (χ4n) is 7.56. The van der Waals surface area contributed by atoms with Crippen molar-refractivity contribution in [1.29, 1.82) is 0 Å². The number of phosphoric ester groups is 1. The molecule has 10 heteroatoms. The van der Waals surface area contributed by atoms with Crippen molar-refractivity contribution in [2.45, 2.75) is 251 Å². The number of hydrogen-bond acceptors (Lipinski definition) is 7. The maximum Gasteiger partial charge on any atom is 0.472 e. The number of carbonyl (C=O) groups is 2. The number of quaternary nitrogens is 1. The molecule has 0 heterocycles. The van der Waals surface area contributed by atoms with Gasteiger partial charge in [0.25, 0.3) is 0 Å². The molecule has 0 aromatic heterocycles. The van der Waals surface area contributed by atoms with Crippen molar-refractivity contribution in [3.8, 4) is 0 Å². The molecule has 0 radical (unpaired) electrons. The Morgan fingerprint density at radius 1 is 0.500 bits per heavy atom. The number of phosphoric acid groups is 1. The molecule has 2 unspecified atom stereocenters. The Kier molecular flexibility index (Phi) is 45.1. The summed E-state index contributed by atoms with van der Waals surface area (Å²) >= 11 is 0. The zero-order valence-electron chi connectivity index (χ0n) is 42.5. The number of nitrogens with zero attached hydrogens (tertiary/aromatic N) is 1. The first-order valence-electron chi connectivity index (χ1n) is 26.7. The molecule has 0 amide bonds. The fraction of sp³-hybridized carbons (Fsp3) is 0.852. The van der Waals surface area contributed by atoms with E-state index < -0.39 is 26.5 Å². The lowest BCUT2D eigenvalue weighted by Crippen LogP contribution is -2.37. The number of carbonyl (C=O) groups excluding carboxylic acids is 2. The number of allylic oxidation sites excluding steroid dienone is 6. The number of hydrogen-bond donors (Lipinski definition) is 1. The Morgan fingerprint density at radius 2 is 0.891 bits per heavy atom. The molecule has 0 bridgehead atoms. The van der Waals surface area contributed by atoms with Gasteiger partial charge in [0, 0.05) is 12.8 Å². The Bertz CT molecular complexity index is 1180. The minimum Gasteiger partial charge on any atom is -0.462 e. The van der Waals surface area contributed by atoms with E-state index in [-0.39, 0.29) is 32.0 Å². The van der Waals surface area contributed by atoms with Crippen LogP contribution in [-0.2, 0) is 32.7 Å². The Balaban J connectivity index is 4.13. The topological polar surface area (TPSA) is 108 Å². The van der Waals surface area contributed by atoms with Crippen molar-refractivity contribution in [1.82, 2.24) is 0 Å². The number of rotatable bonds is 49. The zero-order chi connectivity index (χ0) is 47.1. The predicted molar refractivity (Wildman–Crippen MR) is 270 cm³/mol. The Morgan fingerprint density at radius 3 is 1.33 bits per heavy atom. The summed E-state index contributed by atoms with van der Waals surface area (Å²) in [4.78, 5) is 35.5. The lowest BCUT2D eigenvalue weighted by molar-refractivity contribution is -0.870. The van der Waals surface area contributed by atoms with Gasteiger partial charge in [0.05, 0.1) is 27.7 Å². The molecule has 0 aliphatic rings. The van der Waals surface area contributed by atoms with Gasteiger partial charge >= 0.3 is 19.8 Å². The second kappa shape index (κ2) is 46.3. The third-order valence-corrected chi connectivity index (χ3v) is 12.7. The monoisotopic (exact) mass is 925 g/mol. The molecule has 0 saturated heterocycles. The molecule has 64 heavy (non-hydrogen) atoms. The van der Waals surface area contributed by atoms with Gasteiger partial charge in [0.1, 0.15) is 19.8 Å². The van der Waals surface area contributed by atoms with E-state index in [1.807, 2.05) is 21.1 Å². The average Bonchev–Trinajstić information content (AvgIpc) is 3.25. The molecule has 0 rings (SSSR count). The van der Waals surface area contributed by atoms with Crippen molar-refractivity contribution >= 4 is 19.8 Å². The summed E-state index contributed by atoms with van der Waals surface area (Å²) < 4.78 is 34.4. The first kappa shape index (κ1) is 62.2. The van der Waals surface area contributed by atoms with Crippen LogP contribution in [0.2, 0.25) is 0 Å². The van der Waals surface area contributed by atoms with Crippen LogP contribution in [0, 0.1) is 0 Å². The first-order chi connectivity index (χ1) is 31.0. The smallest absolute Gasteiger partial charge is 0.462 e. The number of ether oxygens (including phenoxy) is 2. The lowest BCUT2D eigenvalue weighted by atomic mass is 10.0. The van der Waals surface area contributed by atoms with Crippen molar-refractivity contribution < 1.29 is 42.1 Å². The van der Waals surface area contributed by atoms with E-state index in [2.05, 4.69) is 50.3 Å². The van der Waals surface area contributed by atoms with Gasteiger partial charge in [-0.05, 0) is 44.9 Å². The number of esters is 2. The molecule has 0 saturated carbocycles. The van der Waals surface area contributed by atoms with E-state index in [9.17, 15) is 19.0 Å². The highest BCUT2D eigenvalue weighted by molar-refractivity contribution is 7.47. The average molecular weight is 925 g/mol. The van der Waals surface area contributed by atoms with Crippen LogP contribution in [0.5, 0.6) is 0 Å². The normalized spacial score (nSPS) is 13.7. The predicted octanol–water partition coefficient (Wildman–Crippen LogP) is 16.0. The van der Waals surface area contributed by atoms with Crippen LogP contribution < -0.4 is 0 Å². The summed E-state index contributed by atoms with van der Waals surface area (Å²) in [7, 11) is 1.47. The highest BCUT2D eigenvalue weighted by Crippen LogP contribution is 2.43. The van der Waals surface area contributed by atoms with Crippen LogP contribution in [0.15, 0.2) is 36.5 Å². The maximum absolute atomic E-state index is 12.7. The molecule has 0 aliphatic heterocycles. The second-order valence-corrected chi connectivity index (χ2v) is 20.7. The van der Waals surface area contributed by atoms with Crippen molar-refractivity contribution in [3.63, 3.8) is 0 Å². The van der Waals surface area contributed by atoms with Gasteiger partial charge in [-0.2, -0.15) is 0 Å². The summed E-state index contributed by atoms with van der Waals surface area (Å²) in [6.45, 7) is 4.33. The van der Waals surface area contributed by atoms with Gasteiger partial charge in [-0.15, -0.1) is 0 Å².